The molecule has 1 aromatic carbocycles. The number of amides is 1. The van der Waals surface area contributed by atoms with E-state index >= 15 is 0 Å². The Morgan fingerprint density at radius 2 is 2.00 bits per heavy atom. The molecule has 23 heavy (non-hydrogen) atoms. The van der Waals surface area contributed by atoms with Crippen molar-refractivity contribution in [3.05, 3.63) is 59.7 Å². The molecule has 1 atom stereocenters. The molecule has 2 heterocycles. The van der Waals surface area contributed by atoms with Crippen LogP contribution in [0.2, 0.25) is 0 Å². The number of nitrogens with one attached hydrogen (secondary N) is 1. The number of benzene rings is 1. The molecule has 0 aliphatic carbocycles. The van der Waals surface area contributed by atoms with Crippen molar-refractivity contribution in [3.63, 3.8) is 0 Å². The molecule has 0 saturated heterocycles. The molecule has 2 aromatic heterocycles. The summed E-state index contributed by atoms with van der Waals surface area (Å²) in [6.07, 6.45) is 1.64. The average molecular weight is 312 g/mol. The summed E-state index contributed by atoms with van der Waals surface area (Å²) in [6.45, 7) is 2.34. The summed E-state index contributed by atoms with van der Waals surface area (Å²) in [7, 11) is 3.90. The largest absolute Gasteiger partial charge is 0.468 e. The molecular formula is C18H20N2O3. The number of carbonyl (C=O) groups is 1. The Morgan fingerprint density at radius 1 is 1.22 bits per heavy atom. The molecule has 0 unspecified atom stereocenters. The van der Waals surface area contributed by atoms with Crippen LogP contribution in [-0.4, -0.2) is 31.4 Å². The smallest absolute Gasteiger partial charge is 0.287 e. The lowest BCUT2D eigenvalue weighted by Crippen LogP contribution is -2.34. The van der Waals surface area contributed by atoms with E-state index in [0.717, 1.165) is 22.3 Å². The number of furan rings is 2. The Kier molecular flexibility index (Phi) is 4.21. The molecule has 1 N–H and O–H groups in total. The number of fused-ring (bicyclic) bond motifs is 1. The second-order valence-electron chi connectivity index (χ2n) is 5.76. The van der Waals surface area contributed by atoms with E-state index in [-0.39, 0.29) is 11.9 Å². The van der Waals surface area contributed by atoms with Gasteiger partial charge in [0.1, 0.15) is 11.3 Å². The van der Waals surface area contributed by atoms with E-state index < -0.39 is 0 Å². The first-order valence-corrected chi connectivity index (χ1v) is 7.54. The summed E-state index contributed by atoms with van der Waals surface area (Å²) < 4.78 is 11.1. The molecule has 0 bridgehead atoms. The second kappa shape index (κ2) is 6.30. The number of hydrogen-bond donors (Lipinski definition) is 1. The van der Waals surface area contributed by atoms with Crippen molar-refractivity contribution in [2.24, 2.45) is 0 Å². The molecule has 0 aliphatic heterocycles. The maximum atomic E-state index is 12.5. The predicted octanol–water partition coefficient (Wildman–Crippen LogP) is 3.37. The van der Waals surface area contributed by atoms with Gasteiger partial charge in [-0.15, -0.1) is 0 Å². The Morgan fingerprint density at radius 3 is 2.65 bits per heavy atom. The number of para-hydroxylation sites is 1. The standard InChI is InChI=1S/C18H20N2O3/c1-12-13-7-4-5-8-15(13)23-17(12)18(21)19-11-14(20(2)3)16-9-6-10-22-16/h4-10,14H,11H2,1-3H3,(H,19,21)/t14-/m1/s1. The minimum Gasteiger partial charge on any atom is -0.468 e. The minimum atomic E-state index is -0.211. The fourth-order valence-corrected chi connectivity index (χ4v) is 2.68. The third kappa shape index (κ3) is 3.00. The highest BCUT2D eigenvalue weighted by Gasteiger charge is 2.21. The summed E-state index contributed by atoms with van der Waals surface area (Å²) >= 11 is 0. The van der Waals surface area contributed by atoms with Gasteiger partial charge in [-0.25, -0.2) is 0 Å². The van der Waals surface area contributed by atoms with Gasteiger partial charge in [-0.1, -0.05) is 18.2 Å². The third-order valence-corrected chi connectivity index (χ3v) is 4.00. The van der Waals surface area contributed by atoms with Crippen molar-refractivity contribution in [3.8, 4) is 0 Å². The maximum absolute atomic E-state index is 12.5. The van der Waals surface area contributed by atoms with Crippen LogP contribution < -0.4 is 5.32 Å². The van der Waals surface area contributed by atoms with Crippen molar-refractivity contribution >= 4 is 16.9 Å². The fourth-order valence-electron chi connectivity index (χ4n) is 2.68. The number of hydrogen-bond acceptors (Lipinski definition) is 4. The topological polar surface area (TPSA) is 58.6 Å². The SMILES string of the molecule is Cc1c(C(=O)NC[C@H](c2ccco2)N(C)C)oc2ccccc12. The van der Waals surface area contributed by atoms with Gasteiger partial charge in [0.15, 0.2) is 5.76 Å². The molecule has 0 radical (unpaired) electrons. The summed E-state index contributed by atoms with van der Waals surface area (Å²) in [6, 6.07) is 11.4. The first kappa shape index (κ1) is 15.4. The fraction of sp³-hybridized carbons (Fsp3) is 0.278. The van der Waals surface area contributed by atoms with E-state index in [2.05, 4.69) is 5.32 Å². The van der Waals surface area contributed by atoms with E-state index in [0.29, 0.717) is 12.3 Å². The van der Waals surface area contributed by atoms with Crippen LogP contribution in [-0.2, 0) is 0 Å². The number of rotatable bonds is 5. The zero-order chi connectivity index (χ0) is 16.4. The monoisotopic (exact) mass is 312 g/mol. The van der Waals surface area contributed by atoms with Crippen LogP contribution in [0.1, 0.15) is 27.9 Å². The molecule has 0 spiro atoms. The van der Waals surface area contributed by atoms with Crippen molar-refractivity contribution < 1.29 is 13.6 Å². The van der Waals surface area contributed by atoms with Gasteiger partial charge in [-0.05, 0) is 39.2 Å². The summed E-state index contributed by atoms with van der Waals surface area (Å²) in [5, 5.41) is 3.90. The van der Waals surface area contributed by atoms with Crippen LogP contribution in [0.15, 0.2) is 51.5 Å². The first-order valence-electron chi connectivity index (χ1n) is 7.54. The lowest BCUT2D eigenvalue weighted by molar-refractivity contribution is 0.0912. The quantitative estimate of drug-likeness (QED) is 0.785. The molecule has 5 nitrogen and oxygen atoms in total. The van der Waals surface area contributed by atoms with E-state index in [1.807, 2.05) is 62.3 Å². The zero-order valence-corrected chi connectivity index (χ0v) is 13.5. The normalized spacial score (nSPS) is 12.7. The number of nitrogens with zero attached hydrogens (tertiary/aromatic N) is 1. The highest BCUT2D eigenvalue weighted by molar-refractivity contribution is 5.98. The van der Waals surface area contributed by atoms with E-state index in [1.54, 1.807) is 6.26 Å². The maximum Gasteiger partial charge on any atom is 0.287 e. The molecule has 120 valence electrons. The molecule has 0 fully saturated rings. The Bertz CT molecular complexity index is 803. The Labute approximate surface area is 134 Å². The molecule has 3 rings (SSSR count). The van der Waals surface area contributed by atoms with E-state index in [9.17, 15) is 4.79 Å². The van der Waals surface area contributed by atoms with Gasteiger partial charge in [0.25, 0.3) is 5.91 Å². The van der Waals surface area contributed by atoms with Gasteiger partial charge in [-0.2, -0.15) is 0 Å². The second-order valence-corrected chi connectivity index (χ2v) is 5.76. The van der Waals surface area contributed by atoms with Crippen molar-refractivity contribution in [1.29, 1.82) is 0 Å². The number of likely N-dealkylation sites (N-methyl/N-ethyl adjacent to an activating group) is 1. The third-order valence-electron chi connectivity index (χ3n) is 4.00. The van der Waals surface area contributed by atoms with Crippen LogP contribution >= 0.6 is 0 Å². The summed E-state index contributed by atoms with van der Waals surface area (Å²) in [5.41, 5.74) is 1.59. The Balaban J connectivity index is 1.76. The average Bonchev–Trinajstić information content (AvgIpc) is 3.16. The van der Waals surface area contributed by atoms with Gasteiger partial charge in [-0.3, -0.25) is 9.69 Å². The predicted molar refractivity (Wildman–Crippen MR) is 88.4 cm³/mol. The molecule has 0 aliphatic rings. The van der Waals surface area contributed by atoms with E-state index in [4.69, 9.17) is 8.83 Å². The van der Waals surface area contributed by atoms with Crippen LogP contribution in [0.3, 0.4) is 0 Å². The van der Waals surface area contributed by atoms with Crippen molar-refractivity contribution in [1.82, 2.24) is 10.2 Å². The van der Waals surface area contributed by atoms with Crippen LogP contribution in [0.25, 0.3) is 11.0 Å². The van der Waals surface area contributed by atoms with Gasteiger partial charge in [0.2, 0.25) is 0 Å². The molecule has 5 heteroatoms. The van der Waals surface area contributed by atoms with Gasteiger partial charge >= 0.3 is 0 Å². The zero-order valence-electron chi connectivity index (χ0n) is 13.5. The molecule has 0 saturated carbocycles. The van der Waals surface area contributed by atoms with Crippen LogP contribution in [0.5, 0.6) is 0 Å². The first-order chi connectivity index (χ1) is 11.1. The molecule has 1 amide bonds. The lowest BCUT2D eigenvalue weighted by Gasteiger charge is -2.22. The van der Waals surface area contributed by atoms with Gasteiger partial charge in [0.05, 0.1) is 12.3 Å². The summed E-state index contributed by atoms with van der Waals surface area (Å²) in [5.74, 6) is 0.969. The number of carbonyl (C=O) groups excluding carboxylic acids is 1. The molecular weight excluding hydrogens is 292 g/mol. The highest BCUT2D eigenvalue weighted by Crippen LogP contribution is 2.25. The van der Waals surface area contributed by atoms with Crippen LogP contribution in [0.4, 0.5) is 0 Å². The lowest BCUT2D eigenvalue weighted by atomic mass is 10.1. The van der Waals surface area contributed by atoms with Gasteiger partial charge in [0, 0.05) is 17.5 Å². The highest BCUT2D eigenvalue weighted by atomic mass is 16.3. The minimum absolute atomic E-state index is 0.0290. The summed E-state index contributed by atoms with van der Waals surface area (Å²) in [4.78, 5) is 14.5. The molecule has 3 aromatic rings. The van der Waals surface area contributed by atoms with Crippen molar-refractivity contribution in [2.75, 3.05) is 20.6 Å². The van der Waals surface area contributed by atoms with E-state index in [1.165, 1.54) is 0 Å². The van der Waals surface area contributed by atoms with Gasteiger partial charge < -0.3 is 14.2 Å². The Hall–Kier alpha value is -2.53. The van der Waals surface area contributed by atoms with Crippen molar-refractivity contribution in [2.45, 2.75) is 13.0 Å². The number of aryl methyl sites for hydroxylation is 1. The van der Waals surface area contributed by atoms with Crippen LogP contribution in [0, 0.1) is 6.92 Å².